The second kappa shape index (κ2) is 11.0. The fraction of sp³-hybridized carbons (Fsp3) is 0.400. The molecular formula is C20H24N4O8. The number of aromatic nitrogens is 2. The molecule has 2 rings (SSSR count). The van der Waals surface area contributed by atoms with Gasteiger partial charge < -0.3 is 29.6 Å². The van der Waals surface area contributed by atoms with Crippen molar-refractivity contribution in [2.24, 2.45) is 0 Å². The van der Waals surface area contributed by atoms with Gasteiger partial charge in [0.1, 0.15) is 6.54 Å². The number of hydrogen-bond donors (Lipinski definition) is 1. The van der Waals surface area contributed by atoms with E-state index in [0.717, 1.165) is 11.9 Å². The zero-order valence-corrected chi connectivity index (χ0v) is 17.9. The maximum Gasteiger partial charge on any atom is 0.372 e. The molecule has 172 valence electrons. The highest BCUT2D eigenvalue weighted by molar-refractivity contribution is 6.09. The van der Waals surface area contributed by atoms with Gasteiger partial charge in [-0.25, -0.2) is 19.1 Å². The van der Waals surface area contributed by atoms with Gasteiger partial charge in [-0.1, -0.05) is 30.3 Å². The van der Waals surface area contributed by atoms with Crippen LogP contribution < -0.4 is 5.32 Å². The average Bonchev–Trinajstić information content (AvgIpc) is 3.18. The largest absolute Gasteiger partial charge is 0.462 e. The molecular weight excluding hydrogens is 424 g/mol. The number of rotatable bonds is 11. The lowest BCUT2D eigenvalue weighted by Gasteiger charge is -2.28. The first-order valence-electron chi connectivity index (χ1n) is 9.84. The molecule has 0 bridgehead atoms. The SMILES string of the molecule is CCOC(=O)C(NC(=O)c1ncn(Cc2ccccc2)c1[N+](=O)[O-])(OCC)C(=O)OCC. The Morgan fingerprint density at radius 3 is 2.16 bits per heavy atom. The smallest absolute Gasteiger partial charge is 0.372 e. The summed E-state index contributed by atoms with van der Waals surface area (Å²) in [6.07, 6.45) is 1.12. The van der Waals surface area contributed by atoms with Crippen LogP contribution in [0.5, 0.6) is 0 Å². The van der Waals surface area contributed by atoms with Crippen LogP contribution in [-0.2, 0) is 30.3 Å². The standard InChI is InChI=1S/C20H24N4O8/c1-4-30-18(26)20(32-6-3,19(27)31-5-2)22-16(25)15-17(24(28)29)23(13-21-15)12-14-10-8-7-9-11-14/h7-11,13H,4-6,12H2,1-3H3,(H,22,25). The van der Waals surface area contributed by atoms with E-state index >= 15 is 0 Å². The molecule has 1 N–H and O–H groups in total. The second-order valence-corrected chi connectivity index (χ2v) is 6.30. The van der Waals surface area contributed by atoms with E-state index in [1.54, 1.807) is 30.3 Å². The lowest BCUT2D eigenvalue weighted by atomic mass is 10.2. The first-order chi connectivity index (χ1) is 15.3. The molecule has 0 radical (unpaired) electrons. The molecule has 12 nitrogen and oxygen atoms in total. The number of carbonyl (C=O) groups is 3. The van der Waals surface area contributed by atoms with Crippen molar-refractivity contribution in [3.8, 4) is 0 Å². The molecule has 32 heavy (non-hydrogen) atoms. The number of esters is 2. The van der Waals surface area contributed by atoms with Gasteiger partial charge in [-0.3, -0.25) is 4.79 Å². The van der Waals surface area contributed by atoms with E-state index in [4.69, 9.17) is 14.2 Å². The molecule has 0 aliphatic carbocycles. The van der Waals surface area contributed by atoms with Crippen LogP contribution in [0.4, 0.5) is 5.82 Å². The van der Waals surface area contributed by atoms with Crippen molar-refractivity contribution in [2.75, 3.05) is 19.8 Å². The van der Waals surface area contributed by atoms with Crippen LogP contribution in [0.15, 0.2) is 36.7 Å². The van der Waals surface area contributed by atoms with Gasteiger partial charge in [-0.05, 0) is 31.3 Å². The summed E-state index contributed by atoms with van der Waals surface area (Å²) in [4.78, 5) is 52.9. The predicted molar refractivity (Wildman–Crippen MR) is 110 cm³/mol. The van der Waals surface area contributed by atoms with E-state index in [2.05, 4.69) is 10.3 Å². The van der Waals surface area contributed by atoms with Gasteiger partial charge in [0, 0.05) is 6.61 Å². The van der Waals surface area contributed by atoms with Gasteiger partial charge >= 0.3 is 23.5 Å². The Labute approximate surface area is 183 Å². The topological polar surface area (TPSA) is 152 Å². The van der Waals surface area contributed by atoms with E-state index < -0.39 is 40.0 Å². The Morgan fingerprint density at radius 1 is 1.06 bits per heavy atom. The van der Waals surface area contributed by atoms with Gasteiger partial charge in [0.05, 0.1) is 13.2 Å². The molecule has 0 saturated heterocycles. The molecule has 0 unspecified atom stereocenters. The molecule has 0 saturated carbocycles. The number of carbonyl (C=O) groups excluding carboxylic acids is 3. The molecule has 0 aliphatic heterocycles. The van der Waals surface area contributed by atoms with Gasteiger partial charge in [0.25, 0.3) is 5.91 Å². The van der Waals surface area contributed by atoms with E-state index in [1.807, 2.05) is 0 Å². The molecule has 0 spiro atoms. The van der Waals surface area contributed by atoms with Crippen LogP contribution in [0, 0.1) is 10.1 Å². The average molecular weight is 448 g/mol. The number of nitro groups is 1. The Kier molecular flexibility index (Phi) is 8.41. The normalized spacial score (nSPS) is 11.0. The van der Waals surface area contributed by atoms with Gasteiger partial charge in [0.2, 0.25) is 5.69 Å². The minimum absolute atomic E-state index is 0.0732. The third-order valence-electron chi connectivity index (χ3n) is 4.17. The minimum atomic E-state index is -2.64. The van der Waals surface area contributed by atoms with Crippen molar-refractivity contribution in [1.82, 2.24) is 14.9 Å². The van der Waals surface area contributed by atoms with Crippen LogP contribution in [0.2, 0.25) is 0 Å². The van der Waals surface area contributed by atoms with Crippen LogP contribution in [-0.4, -0.2) is 57.9 Å². The van der Waals surface area contributed by atoms with Crippen LogP contribution >= 0.6 is 0 Å². The van der Waals surface area contributed by atoms with Crippen molar-refractivity contribution in [3.05, 3.63) is 58.0 Å². The number of hydrogen-bond acceptors (Lipinski definition) is 9. The van der Waals surface area contributed by atoms with Gasteiger partial charge in [-0.2, -0.15) is 0 Å². The molecule has 1 aromatic carbocycles. The summed E-state index contributed by atoms with van der Waals surface area (Å²) in [6.45, 7) is 4.14. The summed E-state index contributed by atoms with van der Waals surface area (Å²) in [5, 5.41) is 13.8. The highest BCUT2D eigenvalue weighted by Gasteiger charge is 2.53. The van der Waals surface area contributed by atoms with Crippen molar-refractivity contribution >= 4 is 23.7 Å². The number of nitrogens with one attached hydrogen (secondary N) is 1. The maximum absolute atomic E-state index is 13.0. The quantitative estimate of drug-likeness (QED) is 0.177. The summed E-state index contributed by atoms with van der Waals surface area (Å²) >= 11 is 0. The molecule has 1 aromatic heterocycles. The summed E-state index contributed by atoms with van der Waals surface area (Å²) in [5.74, 6) is -4.25. The fourth-order valence-corrected chi connectivity index (χ4v) is 2.86. The second-order valence-electron chi connectivity index (χ2n) is 6.30. The zero-order valence-electron chi connectivity index (χ0n) is 17.9. The van der Waals surface area contributed by atoms with Crippen molar-refractivity contribution in [2.45, 2.75) is 33.0 Å². The lowest BCUT2D eigenvalue weighted by Crippen LogP contribution is -2.63. The van der Waals surface area contributed by atoms with E-state index in [1.165, 1.54) is 25.3 Å². The fourth-order valence-electron chi connectivity index (χ4n) is 2.86. The van der Waals surface area contributed by atoms with Crippen molar-refractivity contribution in [3.63, 3.8) is 0 Å². The van der Waals surface area contributed by atoms with Crippen molar-refractivity contribution < 1.29 is 33.5 Å². The van der Waals surface area contributed by atoms with E-state index in [9.17, 15) is 24.5 Å². The summed E-state index contributed by atoms with van der Waals surface area (Å²) in [6, 6.07) is 8.83. The predicted octanol–water partition coefficient (Wildman–Crippen LogP) is 1.43. The van der Waals surface area contributed by atoms with E-state index in [0.29, 0.717) is 0 Å². The van der Waals surface area contributed by atoms with Crippen LogP contribution in [0.3, 0.4) is 0 Å². The lowest BCUT2D eigenvalue weighted by molar-refractivity contribution is -0.392. The number of amides is 1. The first-order valence-corrected chi connectivity index (χ1v) is 9.84. The highest BCUT2D eigenvalue weighted by Crippen LogP contribution is 2.21. The molecule has 0 aliphatic rings. The Balaban J connectivity index is 2.45. The molecule has 0 fully saturated rings. The zero-order chi connectivity index (χ0) is 23.7. The Hall–Kier alpha value is -3.80. The molecule has 1 heterocycles. The number of nitrogens with zero attached hydrogens (tertiary/aromatic N) is 3. The third kappa shape index (κ3) is 5.27. The van der Waals surface area contributed by atoms with E-state index in [-0.39, 0.29) is 26.4 Å². The maximum atomic E-state index is 13.0. The third-order valence-corrected chi connectivity index (χ3v) is 4.17. The first kappa shape index (κ1) is 24.5. The highest BCUT2D eigenvalue weighted by atomic mass is 16.6. The Bertz CT molecular complexity index is 955. The summed E-state index contributed by atoms with van der Waals surface area (Å²) < 4.78 is 16.2. The van der Waals surface area contributed by atoms with Gasteiger partial charge in [-0.15, -0.1) is 0 Å². The summed E-state index contributed by atoms with van der Waals surface area (Å²) in [5.41, 5.74) is -2.51. The van der Waals surface area contributed by atoms with Gasteiger partial charge in [0.15, 0.2) is 6.33 Å². The molecule has 2 aromatic rings. The number of ether oxygens (including phenoxy) is 3. The van der Waals surface area contributed by atoms with Crippen LogP contribution in [0.25, 0.3) is 0 Å². The van der Waals surface area contributed by atoms with Crippen molar-refractivity contribution in [1.29, 1.82) is 0 Å². The van der Waals surface area contributed by atoms with Crippen LogP contribution in [0.1, 0.15) is 36.8 Å². The monoisotopic (exact) mass is 448 g/mol. The molecule has 1 amide bonds. The minimum Gasteiger partial charge on any atom is -0.462 e. The Morgan fingerprint density at radius 2 is 1.66 bits per heavy atom. The molecule has 12 heteroatoms. The number of benzene rings is 1. The number of imidazole rings is 1. The molecule has 0 atom stereocenters. The summed E-state index contributed by atoms with van der Waals surface area (Å²) in [7, 11) is 0.